The van der Waals surface area contributed by atoms with E-state index in [0.717, 1.165) is 43.8 Å². The zero-order valence-corrected chi connectivity index (χ0v) is 20.8. The highest BCUT2D eigenvalue weighted by molar-refractivity contribution is 7.92. The first-order valence-corrected chi connectivity index (χ1v) is 12.9. The lowest BCUT2D eigenvalue weighted by molar-refractivity contribution is 0.206. The molecule has 0 saturated carbocycles. The number of anilines is 1. The molecule has 0 aromatic heterocycles. The van der Waals surface area contributed by atoms with E-state index in [1.807, 2.05) is 49.4 Å². The van der Waals surface area contributed by atoms with Gasteiger partial charge in [-0.05, 0) is 61.7 Å². The predicted octanol–water partition coefficient (Wildman–Crippen LogP) is 4.87. The molecule has 3 aromatic rings. The van der Waals surface area contributed by atoms with Crippen LogP contribution in [0.4, 0.5) is 5.69 Å². The number of aryl methyl sites for hydroxylation is 1. The maximum atomic E-state index is 13.8. The van der Waals surface area contributed by atoms with Crippen molar-refractivity contribution in [2.75, 3.05) is 31.6 Å². The van der Waals surface area contributed by atoms with Crippen molar-refractivity contribution in [3.63, 3.8) is 0 Å². The lowest BCUT2D eigenvalue weighted by Gasteiger charge is -2.39. The second kappa shape index (κ2) is 10.5. The Kier molecular flexibility index (Phi) is 7.44. The largest absolute Gasteiger partial charge is 0.497 e. The fourth-order valence-corrected chi connectivity index (χ4v) is 6.16. The number of sulfonamides is 1. The van der Waals surface area contributed by atoms with Gasteiger partial charge < -0.3 is 9.47 Å². The number of benzene rings is 3. The maximum absolute atomic E-state index is 13.8. The molecular weight excluding hydrogens is 448 g/mol. The number of rotatable bonds is 8. The van der Waals surface area contributed by atoms with Gasteiger partial charge in [0.2, 0.25) is 0 Å². The molecule has 1 saturated heterocycles. The Morgan fingerprint density at radius 1 is 0.882 bits per heavy atom. The van der Waals surface area contributed by atoms with E-state index in [1.54, 1.807) is 36.7 Å². The van der Waals surface area contributed by atoms with Crippen molar-refractivity contribution in [1.29, 1.82) is 0 Å². The Morgan fingerprint density at radius 2 is 1.50 bits per heavy atom. The van der Waals surface area contributed by atoms with Crippen LogP contribution in [0.25, 0.3) is 0 Å². The molecule has 7 heteroatoms. The van der Waals surface area contributed by atoms with Crippen molar-refractivity contribution in [3.05, 3.63) is 83.9 Å². The Hall–Kier alpha value is -3.03. The number of hydrogen-bond acceptors (Lipinski definition) is 5. The Balaban J connectivity index is 1.58. The smallest absolute Gasteiger partial charge is 0.264 e. The van der Waals surface area contributed by atoms with Crippen LogP contribution in [0.15, 0.2) is 77.7 Å². The zero-order valence-electron chi connectivity index (χ0n) is 20.0. The van der Waals surface area contributed by atoms with Gasteiger partial charge in [0.25, 0.3) is 10.0 Å². The van der Waals surface area contributed by atoms with E-state index in [4.69, 9.17) is 9.47 Å². The summed E-state index contributed by atoms with van der Waals surface area (Å²) in [5.41, 5.74) is 2.85. The quantitative estimate of drug-likeness (QED) is 0.460. The van der Waals surface area contributed by atoms with Crippen molar-refractivity contribution in [2.24, 2.45) is 0 Å². The third-order valence-electron chi connectivity index (χ3n) is 6.31. The number of ether oxygens (including phenoxy) is 2. The minimum absolute atomic E-state index is 0.139. The summed E-state index contributed by atoms with van der Waals surface area (Å²) in [5, 5.41) is 0. The van der Waals surface area contributed by atoms with Crippen LogP contribution in [-0.2, 0) is 16.6 Å². The van der Waals surface area contributed by atoms with Crippen molar-refractivity contribution in [2.45, 2.75) is 37.2 Å². The fourth-order valence-electron chi connectivity index (χ4n) is 4.46. The van der Waals surface area contributed by atoms with E-state index in [0.29, 0.717) is 16.3 Å². The average molecular weight is 481 g/mol. The third kappa shape index (κ3) is 5.37. The van der Waals surface area contributed by atoms with Crippen LogP contribution in [0.2, 0.25) is 0 Å². The second-order valence-corrected chi connectivity index (χ2v) is 10.5. The van der Waals surface area contributed by atoms with E-state index in [9.17, 15) is 8.42 Å². The van der Waals surface area contributed by atoms with Gasteiger partial charge in [0.05, 0.1) is 24.8 Å². The molecule has 180 valence electrons. The van der Waals surface area contributed by atoms with E-state index in [1.165, 1.54) is 5.56 Å². The highest BCUT2D eigenvalue weighted by atomic mass is 32.2. The average Bonchev–Trinajstić information content (AvgIpc) is 2.85. The number of nitrogens with zero attached hydrogens (tertiary/aromatic N) is 2. The van der Waals surface area contributed by atoms with Gasteiger partial charge in [-0.15, -0.1) is 0 Å². The van der Waals surface area contributed by atoms with Gasteiger partial charge in [-0.2, -0.15) is 0 Å². The van der Waals surface area contributed by atoms with E-state index < -0.39 is 10.0 Å². The Morgan fingerprint density at radius 3 is 2.15 bits per heavy atom. The molecule has 0 aliphatic carbocycles. The number of hydrogen-bond donors (Lipinski definition) is 0. The van der Waals surface area contributed by atoms with Gasteiger partial charge in [-0.3, -0.25) is 9.21 Å². The van der Waals surface area contributed by atoms with Gasteiger partial charge in [-0.25, -0.2) is 8.42 Å². The first-order chi connectivity index (χ1) is 16.4. The monoisotopic (exact) mass is 480 g/mol. The third-order valence-corrected chi connectivity index (χ3v) is 8.21. The first kappa shape index (κ1) is 24.1. The molecule has 6 nitrogen and oxygen atoms in total. The molecule has 34 heavy (non-hydrogen) atoms. The highest BCUT2D eigenvalue weighted by Gasteiger charge is 2.34. The van der Waals surface area contributed by atoms with Crippen molar-refractivity contribution in [3.8, 4) is 11.5 Å². The Labute approximate surface area is 202 Å². The van der Waals surface area contributed by atoms with Crippen molar-refractivity contribution in [1.82, 2.24) is 4.90 Å². The SMILES string of the molecule is COc1cccc(CN2CCC(N(c3cccc(OC)c3)S(=O)(=O)c3ccc(C)cc3)CC2)c1. The first-order valence-electron chi connectivity index (χ1n) is 11.5. The van der Waals surface area contributed by atoms with Crippen molar-refractivity contribution >= 4 is 15.7 Å². The summed E-state index contributed by atoms with van der Waals surface area (Å²) < 4.78 is 40.0. The molecule has 3 aromatic carbocycles. The van der Waals surface area contributed by atoms with Crippen LogP contribution in [-0.4, -0.2) is 46.7 Å². The van der Waals surface area contributed by atoms with Crippen LogP contribution >= 0.6 is 0 Å². The van der Waals surface area contributed by atoms with E-state index >= 15 is 0 Å². The topological polar surface area (TPSA) is 59.1 Å². The van der Waals surface area contributed by atoms with Gasteiger partial charge in [0.1, 0.15) is 11.5 Å². The summed E-state index contributed by atoms with van der Waals surface area (Å²) in [6, 6.07) is 22.3. The second-order valence-electron chi connectivity index (χ2n) is 8.67. The summed E-state index contributed by atoms with van der Waals surface area (Å²) in [4.78, 5) is 2.67. The highest BCUT2D eigenvalue weighted by Crippen LogP contribution is 2.33. The molecule has 0 spiro atoms. The summed E-state index contributed by atoms with van der Waals surface area (Å²) in [5.74, 6) is 1.48. The van der Waals surface area contributed by atoms with Crippen LogP contribution in [0, 0.1) is 6.92 Å². The van der Waals surface area contributed by atoms with Crippen LogP contribution in [0.1, 0.15) is 24.0 Å². The Bertz CT molecular complexity index is 1200. The normalized spacial score (nSPS) is 15.1. The van der Waals surface area contributed by atoms with E-state index in [2.05, 4.69) is 17.0 Å². The molecule has 0 N–H and O–H groups in total. The minimum atomic E-state index is -3.74. The molecule has 1 heterocycles. The molecule has 0 amide bonds. The zero-order chi connectivity index (χ0) is 24.1. The molecule has 0 atom stereocenters. The predicted molar refractivity (Wildman–Crippen MR) is 135 cm³/mol. The fraction of sp³-hybridized carbons (Fsp3) is 0.333. The summed E-state index contributed by atoms with van der Waals surface area (Å²) in [6.45, 7) is 4.39. The molecule has 1 aliphatic rings. The molecular formula is C27H32N2O4S. The van der Waals surface area contributed by atoms with Gasteiger partial charge in [0, 0.05) is 31.7 Å². The molecule has 4 rings (SSSR count). The maximum Gasteiger partial charge on any atom is 0.264 e. The molecule has 0 radical (unpaired) electrons. The van der Waals surface area contributed by atoms with Gasteiger partial charge >= 0.3 is 0 Å². The van der Waals surface area contributed by atoms with Gasteiger partial charge in [-0.1, -0.05) is 35.9 Å². The van der Waals surface area contributed by atoms with Crippen LogP contribution in [0.5, 0.6) is 11.5 Å². The standard InChI is InChI=1S/C27H32N2O4S/c1-21-10-12-27(13-11-21)34(30,31)29(24-7-5-9-26(19-24)33-3)23-14-16-28(17-15-23)20-22-6-4-8-25(18-22)32-2/h4-13,18-19,23H,14-17,20H2,1-3H3. The molecule has 1 aliphatic heterocycles. The summed E-state index contributed by atoms with van der Waals surface area (Å²) in [7, 11) is -0.473. The molecule has 0 unspecified atom stereocenters. The number of methoxy groups -OCH3 is 2. The lowest BCUT2D eigenvalue weighted by Crippen LogP contribution is -2.47. The van der Waals surface area contributed by atoms with Crippen LogP contribution in [0.3, 0.4) is 0 Å². The summed E-state index contributed by atoms with van der Waals surface area (Å²) in [6.07, 6.45) is 1.48. The summed E-state index contributed by atoms with van der Waals surface area (Å²) >= 11 is 0. The van der Waals surface area contributed by atoms with Crippen LogP contribution < -0.4 is 13.8 Å². The minimum Gasteiger partial charge on any atom is -0.497 e. The lowest BCUT2D eigenvalue weighted by atomic mass is 10.0. The molecule has 0 bridgehead atoms. The number of likely N-dealkylation sites (tertiary alicyclic amines) is 1. The van der Waals surface area contributed by atoms with Gasteiger partial charge in [0.15, 0.2) is 0 Å². The number of piperidine rings is 1. The van der Waals surface area contributed by atoms with Crippen molar-refractivity contribution < 1.29 is 17.9 Å². The molecule has 1 fully saturated rings. The van der Waals surface area contributed by atoms with E-state index in [-0.39, 0.29) is 6.04 Å².